The van der Waals surface area contributed by atoms with Gasteiger partial charge < -0.3 is 33.5 Å². The zero-order valence-corrected chi connectivity index (χ0v) is 17.1. The Balaban J connectivity index is 1.93. The summed E-state index contributed by atoms with van der Waals surface area (Å²) in [7, 11) is 5.90. The molecule has 0 unspecified atom stereocenters. The maximum Gasteiger partial charge on any atom is 0.337 e. The van der Waals surface area contributed by atoms with Crippen LogP contribution in [0.3, 0.4) is 0 Å². The average molecular weight is 414 g/mol. The van der Waals surface area contributed by atoms with E-state index in [-0.39, 0.29) is 30.5 Å². The number of hydrogen-bond acceptors (Lipinski definition) is 8. The van der Waals surface area contributed by atoms with Crippen LogP contribution in [0, 0.1) is 0 Å². The van der Waals surface area contributed by atoms with Gasteiger partial charge in [-0.1, -0.05) is 0 Å². The summed E-state index contributed by atoms with van der Waals surface area (Å²) < 4.78 is 32.3. The van der Waals surface area contributed by atoms with E-state index < -0.39 is 5.97 Å². The Morgan fingerprint density at radius 3 is 2.17 bits per heavy atom. The molecule has 0 saturated carbocycles. The molecule has 4 rings (SSSR count). The van der Waals surface area contributed by atoms with E-state index in [4.69, 9.17) is 28.4 Å². The second-order valence-electron chi connectivity index (χ2n) is 6.83. The van der Waals surface area contributed by atoms with Gasteiger partial charge in [0.15, 0.2) is 23.0 Å². The summed E-state index contributed by atoms with van der Waals surface area (Å²) in [5, 5.41) is 10.8. The predicted molar refractivity (Wildman–Crippen MR) is 107 cm³/mol. The lowest BCUT2D eigenvalue weighted by atomic mass is 9.77. The molecule has 2 aromatic rings. The molecular formula is C22H22O8. The minimum Gasteiger partial charge on any atom is -0.507 e. The summed E-state index contributed by atoms with van der Waals surface area (Å²) in [4.78, 5) is 12.4. The average Bonchev–Trinajstić information content (AvgIpc) is 3.24. The van der Waals surface area contributed by atoms with Gasteiger partial charge in [-0.25, -0.2) is 4.79 Å². The van der Waals surface area contributed by atoms with Crippen LogP contribution in [0.1, 0.15) is 29.0 Å². The van der Waals surface area contributed by atoms with Crippen LogP contribution in [0.4, 0.5) is 0 Å². The first-order valence-corrected chi connectivity index (χ1v) is 9.26. The Kier molecular flexibility index (Phi) is 5.07. The normalized spacial score (nSPS) is 16.7. The van der Waals surface area contributed by atoms with Gasteiger partial charge in [-0.15, -0.1) is 0 Å². The Labute approximate surface area is 173 Å². The van der Waals surface area contributed by atoms with Crippen LogP contribution in [-0.2, 0) is 9.53 Å². The van der Waals surface area contributed by atoms with Gasteiger partial charge in [-0.2, -0.15) is 0 Å². The number of fused-ring (bicyclic) bond motifs is 2. The van der Waals surface area contributed by atoms with Gasteiger partial charge >= 0.3 is 5.97 Å². The Morgan fingerprint density at radius 1 is 0.967 bits per heavy atom. The highest BCUT2D eigenvalue weighted by atomic mass is 16.7. The maximum absolute atomic E-state index is 12.4. The first-order valence-electron chi connectivity index (χ1n) is 9.26. The van der Waals surface area contributed by atoms with E-state index in [1.165, 1.54) is 14.2 Å². The van der Waals surface area contributed by atoms with E-state index >= 15 is 0 Å². The molecule has 0 spiro atoms. The van der Waals surface area contributed by atoms with Gasteiger partial charge in [-0.05, 0) is 41.8 Å². The van der Waals surface area contributed by atoms with Crippen LogP contribution in [0.25, 0.3) is 5.76 Å². The number of hydrogen-bond donors (Lipinski definition) is 1. The van der Waals surface area contributed by atoms with Crippen molar-refractivity contribution in [2.75, 3.05) is 35.2 Å². The largest absolute Gasteiger partial charge is 0.507 e. The molecule has 0 fully saturated rings. The lowest BCUT2D eigenvalue weighted by molar-refractivity contribution is -0.136. The standard InChI is InChI=1S/C22H22O8/c1-25-18-5-11(6-19(26-2)21(18)27-3)12-7-15(22(24)28-4)20(23)14-9-17-16(8-13(12)14)29-10-30-17/h5-6,8-9,12,23H,7,10H2,1-4H3/t12-/m0/s1. The molecule has 0 radical (unpaired) electrons. The monoisotopic (exact) mass is 414 g/mol. The zero-order chi connectivity index (χ0) is 21.4. The molecule has 0 bridgehead atoms. The van der Waals surface area contributed by atoms with E-state index in [0.717, 1.165) is 11.1 Å². The number of carbonyl (C=O) groups excluding carboxylic acids is 1. The second kappa shape index (κ2) is 7.70. The number of ether oxygens (including phenoxy) is 6. The van der Waals surface area contributed by atoms with Crippen LogP contribution in [-0.4, -0.2) is 46.3 Å². The van der Waals surface area contributed by atoms with Gasteiger partial charge in [0, 0.05) is 11.5 Å². The smallest absolute Gasteiger partial charge is 0.337 e. The highest BCUT2D eigenvalue weighted by Crippen LogP contribution is 2.49. The van der Waals surface area contributed by atoms with Crippen LogP contribution >= 0.6 is 0 Å². The van der Waals surface area contributed by atoms with Crippen molar-refractivity contribution in [3.05, 3.63) is 46.5 Å². The summed E-state index contributed by atoms with van der Waals surface area (Å²) in [5.41, 5.74) is 2.28. The molecule has 1 aliphatic heterocycles. The van der Waals surface area contributed by atoms with Crippen molar-refractivity contribution < 1.29 is 38.3 Å². The van der Waals surface area contributed by atoms with Gasteiger partial charge in [0.1, 0.15) is 5.76 Å². The quantitative estimate of drug-likeness (QED) is 0.744. The highest BCUT2D eigenvalue weighted by Gasteiger charge is 2.35. The third-order valence-corrected chi connectivity index (χ3v) is 5.39. The summed E-state index contributed by atoms with van der Waals surface area (Å²) in [6, 6.07) is 7.17. The van der Waals surface area contributed by atoms with Crippen LogP contribution in [0.5, 0.6) is 28.7 Å². The second-order valence-corrected chi connectivity index (χ2v) is 6.83. The fourth-order valence-corrected chi connectivity index (χ4v) is 3.93. The molecular weight excluding hydrogens is 392 g/mol. The fourth-order valence-electron chi connectivity index (χ4n) is 3.93. The predicted octanol–water partition coefficient (Wildman–Crippen LogP) is 3.42. The first kappa shape index (κ1) is 19.8. The van der Waals surface area contributed by atoms with E-state index in [9.17, 15) is 9.90 Å². The van der Waals surface area contributed by atoms with Crippen LogP contribution in [0.15, 0.2) is 29.8 Å². The Bertz CT molecular complexity index is 1010. The van der Waals surface area contributed by atoms with Crippen molar-refractivity contribution in [3.63, 3.8) is 0 Å². The van der Waals surface area contributed by atoms with Crippen molar-refractivity contribution >= 4 is 11.7 Å². The number of aliphatic hydroxyl groups excluding tert-OH is 1. The van der Waals surface area contributed by atoms with Crippen molar-refractivity contribution in [3.8, 4) is 28.7 Å². The van der Waals surface area contributed by atoms with Crippen LogP contribution < -0.4 is 23.7 Å². The minimum atomic E-state index is -0.590. The summed E-state index contributed by atoms with van der Waals surface area (Å²) in [5.74, 6) is 1.54. The highest BCUT2D eigenvalue weighted by molar-refractivity contribution is 5.97. The molecule has 1 heterocycles. The summed E-state index contributed by atoms with van der Waals surface area (Å²) in [6.45, 7) is 0.0986. The number of aliphatic hydroxyl groups is 1. The Hall–Kier alpha value is -3.55. The number of rotatable bonds is 5. The van der Waals surface area contributed by atoms with Gasteiger partial charge in [-0.3, -0.25) is 0 Å². The lowest BCUT2D eigenvalue weighted by Crippen LogP contribution is -2.18. The third kappa shape index (κ3) is 3.04. The summed E-state index contributed by atoms with van der Waals surface area (Å²) >= 11 is 0. The van der Waals surface area contributed by atoms with Crippen molar-refractivity contribution in [1.29, 1.82) is 0 Å². The van der Waals surface area contributed by atoms with Gasteiger partial charge in [0.05, 0.1) is 34.0 Å². The third-order valence-electron chi connectivity index (χ3n) is 5.39. The number of esters is 1. The number of methoxy groups -OCH3 is 4. The molecule has 0 aromatic heterocycles. The van der Waals surface area contributed by atoms with Gasteiger partial charge in [0.2, 0.25) is 12.5 Å². The SMILES string of the molecule is COC(=O)C1=C(O)c2cc3c(cc2[C@H](c2cc(OC)c(OC)c(OC)c2)C1)OCO3. The molecule has 0 amide bonds. The van der Waals surface area contributed by atoms with E-state index in [2.05, 4.69) is 0 Å². The Morgan fingerprint density at radius 2 is 1.60 bits per heavy atom. The molecule has 0 saturated heterocycles. The zero-order valence-electron chi connectivity index (χ0n) is 17.1. The molecule has 2 aromatic carbocycles. The molecule has 1 atom stereocenters. The van der Waals surface area contributed by atoms with Crippen molar-refractivity contribution in [2.24, 2.45) is 0 Å². The topological polar surface area (TPSA) is 92.7 Å². The maximum atomic E-state index is 12.4. The van der Waals surface area contributed by atoms with E-state index in [0.29, 0.717) is 34.3 Å². The van der Waals surface area contributed by atoms with E-state index in [1.807, 2.05) is 18.2 Å². The molecule has 1 aliphatic carbocycles. The van der Waals surface area contributed by atoms with E-state index in [1.54, 1.807) is 20.3 Å². The fraction of sp³-hybridized carbons (Fsp3) is 0.318. The molecule has 30 heavy (non-hydrogen) atoms. The number of carbonyl (C=O) groups is 1. The lowest BCUT2D eigenvalue weighted by Gasteiger charge is -2.28. The molecule has 2 aliphatic rings. The molecule has 8 nitrogen and oxygen atoms in total. The number of benzene rings is 2. The van der Waals surface area contributed by atoms with Crippen LogP contribution in [0.2, 0.25) is 0 Å². The summed E-state index contributed by atoms with van der Waals surface area (Å²) in [6.07, 6.45) is 0.226. The van der Waals surface area contributed by atoms with Crippen molar-refractivity contribution in [1.82, 2.24) is 0 Å². The molecule has 158 valence electrons. The minimum absolute atomic E-state index is 0.0986. The van der Waals surface area contributed by atoms with Gasteiger partial charge in [0.25, 0.3) is 0 Å². The molecule has 1 N–H and O–H groups in total. The molecule has 8 heteroatoms. The first-order chi connectivity index (χ1) is 14.5. The van der Waals surface area contributed by atoms with Crippen molar-refractivity contribution in [2.45, 2.75) is 12.3 Å².